The molecule has 1 amide bonds. The maximum absolute atomic E-state index is 11.9. The van der Waals surface area contributed by atoms with Crippen LogP contribution in [0, 0.1) is 13.8 Å². The molecule has 0 fully saturated rings. The molecular formula is C15H19NO3. The first kappa shape index (κ1) is 13.5. The third kappa shape index (κ3) is 3.50. The Labute approximate surface area is 112 Å². The maximum atomic E-state index is 11.9. The van der Waals surface area contributed by atoms with E-state index in [-0.39, 0.29) is 11.9 Å². The Morgan fingerprint density at radius 1 is 1.32 bits per heavy atom. The molecule has 4 nitrogen and oxygen atoms in total. The van der Waals surface area contributed by atoms with Crippen molar-refractivity contribution in [2.45, 2.75) is 39.7 Å². The fourth-order valence-corrected chi connectivity index (χ4v) is 1.95. The summed E-state index contributed by atoms with van der Waals surface area (Å²) >= 11 is 0. The molecule has 2 heterocycles. The van der Waals surface area contributed by atoms with Gasteiger partial charge < -0.3 is 14.2 Å². The number of carbonyl (C=O) groups excluding carboxylic acids is 1. The number of carbonyl (C=O) groups is 1. The molecule has 2 rings (SSSR count). The summed E-state index contributed by atoms with van der Waals surface area (Å²) in [4.78, 5) is 11.9. The first-order valence-corrected chi connectivity index (χ1v) is 6.46. The number of rotatable bonds is 5. The van der Waals surface area contributed by atoms with Crippen molar-refractivity contribution in [3.8, 4) is 0 Å². The standard InChI is InChI=1S/C15H19NO3/c1-10-8-9-18-14(10)15(17)16-11(2)4-6-13-7-5-12(3)19-13/h5,7-9,11H,4,6H2,1-3H3,(H,16,17). The minimum Gasteiger partial charge on any atom is -0.466 e. The van der Waals surface area contributed by atoms with Crippen LogP contribution in [0.4, 0.5) is 0 Å². The van der Waals surface area contributed by atoms with Gasteiger partial charge in [-0.05, 0) is 45.4 Å². The van der Waals surface area contributed by atoms with Gasteiger partial charge in [-0.2, -0.15) is 0 Å². The van der Waals surface area contributed by atoms with E-state index in [4.69, 9.17) is 8.83 Å². The highest BCUT2D eigenvalue weighted by molar-refractivity contribution is 5.92. The Balaban J connectivity index is 1.83. The summed E-state index contributed by atoms with van der Waals surface area (Å²) in [5, 5.41) is 2.93. The zero-order chi connectivity index (χ0) is 13.8. The average Bonchev–Trinajstić information content (AvgIpc) is 2.95. The number of amides is 1. The lowest BCUT2D eigenvalue weighted by molar-refractivity contribution is 0.0909. The molecule has 0 spiro atoms. The van der Waals surface area contributed by atoms with E-state index in [0.717, 1.165) is 29.9 Å². The molecule has 2 aromatic rings. The topological polar surface area (TPSA) is 55.4 Å². The van der Waals surface area contributed by atoms with Crippen LogP contribution in [0.1, 0.15) is 41.0 Å². The summed E-state index contributed by atoms with van der Waals surface area (Å²) in [5.74, 6) is 2.09. The molecule has 0 aliphatic heterocycles. The van der Waals surface area contributed by atoms with E-state index < -0.39 is 0 Å². The second kappa shape index (κ2) is 5.78. The molecule has 0 aromatic carbocycles. The van der Waals surface area contributed by atoms with Crippen LogP contribution in [0.15, 0.2) is 33.3 Å². The van der Waals surface area contributed by atoms with Gasteiger partial charge in [0.2, 0.25) is 0 Å². The van der Waals surface area contributed by atoms with Gasteiger partial charge in [-0.15, -0.1) is 0 Å². The number of nitrogens with one attached hydrogen (secondary N) is 1. The molecule has 1 N–H and O–H groups in total. The molecule has 1 atom stereocenters. The zero-order valence-electron chi connectivity index (χ0n) is 11.5. The minimum absolute atomic E-state index is 0.0717. The van der Waals surface area contributed by atoms with Gasteiger partial charge in [0.15, 0.2) is 5.76 Å². The number of aryl methyl sites for hydroxylation is 3. The molecule has 1 unspecified atom stereocenters. The van der Waals surface area contributed by atoms with Crippen molar-refractivity contribution < 1.29 is 13.6 Å². The van der Waals surface area contributed by atoms with Gasteiger partial charge in [-0.1, -0.05) is 0 Å². The largest absolute Gasteiger partial charge is 0.466 e. The number of hydrogen-bond acceptors (Lipinski definition) is 3. The van der Waals surface area contributed by atoms with Crippen molar-refractivity contribution in [1.29, 1.82) is 0 Å². The van der Waals surface area contributed by atoms with Crippen molar-refractivity contribution >= 4 is 5.91 Å². The highest BCUT2D eigenvalue weighted by atomic mass is 16.3. The molecule has 4 heteroatoms. The summed E-state index contributed by atoms with van der Waals surface area (Å²) in [5.41, 5.74) is 0.853. The van der Waals surface area contributed by atoms with E-state index in [0.29, 0.717) is 5.76 Å². The van der Waals surface area contributed by atoms with Crippen LogP contribution in [0.3, 0.4) is 0 Å². The Kier molecular flexibility index (Phi) is 4.10. The summed E-state index contributed by atoms with van der Waals surface area (Å²) in [6, 6.07) is 5.78. The summed E-state index contributed by atoms with van der Waals surface area (Å²) in [6.07, 6.45) is 3.17. The van der Waals surface area contributed by atoms with Crippen LogP contribution < -0.4 is 5.32 Å². The fraction of sp³-hybridized carbons (Fsp3) is 0.400. The lowest BCUT2D eigenvalue weighted by Gasteiger charge is -2.12. The Morgan fingerprint density at radius 3 is 2.68 bits per heavy atom. The second-order valence-electron chi connectivity index (χ2n) is 4.86. The normalized spacial score (nSPS) is 12.4. The highest BCUT2D eigenvalue weighted by Gasteiger charge is 2.15. The van der Waals surface area contributed by atoms with Crippen molar-refractivity contribution in [3.05, 3.63) is 47.3 Å². The summed E-state index contributed by atoms with van der Waals surface area (Å²) in [6.45, 7) is 5.76. The minimum atomic E-state index is -0.161. The van der Waals surface area contributed by atoms with E-state index in [1.54, 1.807) is 6.07 Å². The first-order chi connectivity index (χ1) is 9.06. The number of hydrogen-bond donors (Lipinski definition) is 1. The Morgan fingerprint density at radius 2 is 2.11 bits per heavy atom. The molecule has 0 aliphatic carbocycles. The van der Waals surface area contributed by atoms with Crippen molar-refractivity contribution in [2.24, 2.45) is 0 Å². The summed E-state index contributed by atoms with van der Waals surface area (Å²) in [7, 11) is 0. The zero-order valence-corrected chi connectivity index (χ0v) is 11.5. The SMILES string of the molecule is Cc1ccc(CCC(C)NC(=O)c2occc2C)o1. The molecule has 0 bridgehead atoms. The quantitative estimate of drug-likeness (QED) is 0.899. The van der Waals surface area contributed by atoms with Gasteiger partial charge in [0.05, 0.1) is 6.26 Å². The molecule has 2 aromatic heterocycles. The third-order valence-corrected chi connectivity index (χ3v) is 3.07. The van der Waals surface area contributed by atoms with Gasteiger partial charge in [0.25, 0.3) is 5.91 Å². The molecule has 102 valence electrons. The van der Waals surface area contributed by atoms with Gasteiger partial charge in [-0.25, -0.2) is 0 Å². The predicted octanol–water partition coefficient (Wildman–Crippen LogP) is 3.24. The highest BCUT2D eigenvalue weighted by Crippen LogP contribution is 2.11. The Bertz CT molecular complexity index is 553. The van der Waals surface area contributed by atoms with E-state index in [2.05, 4.69) is 5.32 Å². The fourth-order valence-electron chi connectivity index (χ4n) is 1.95. The van der Waals surface area contributed by atoms with Crippen LogP contribution >= 0.6 is 0 Å². The molecular weight excluding hydrogens is 242 g/mol. The predicted molar refractivity (Wildman–Crippen MR) is 72.1 cm³/mol. The smallest absolute Gasteiger partial charge is 0.287 e. The number of furan rings is 2. The van der Waals surface area contributed by atoms with Crippen LogP contribution in [0.2, 0.25) is 0 Å². The molecule has 0 saturated heterocycles. The lowest BCUT2D eigenvalue weighted by Crippen LogP contribution is -2.33. The first-order valence-electron chi connectivity index (χ1n) is 6.46. The molecule has 19 heavy (non-hydrogen) atoms. The van der Waals surface area contributed by atoms with Gasteiger partial charge in [-0.3, -0.25) is 4.79 Å². The van der Waals surface area contributed by atoms with Gasteiger partial charge in [0.1, 0.15) is 11.5 Å². The molecule has 0 saturated carbocycles. The average molecular weight is 261 g/mol. The summed E-state index contributed by atoms with van der Waals surface area (Å²) < 4.78 is 10.7. The molecule has 0 aliphatic rings. The van der Waals surface area contributed by atoms with Crippen LogP contribution in [-0.4, -0.2) is 11.9 Å². The van der Waals surface area contributed by atoms with E-state index >= 15 is 0 Å². The van der Waals surface area contributed by atoms with Gasteiger partial charge in [0, 0.05) is 18.0 Å². The van der Waals surface area contributed by atoms with E-state index in [1.165, 1.54) is 6.26 Å². The van der Waals surface area contributed by atoms with Crippen LogP contribution in [0.25, 0.3) is 0 Å². The van der Waals surface area contributed by atoms with Crippen LogP contribution in [0.5, 0.6) is 0 Å². The van der Waals surface area contributed by atoms with Crippen molar-refractivity contribution in [1.82, 2.24) is 5.32 Å². The van der Waals surface area contributed by atoms with E-state index in [1.807, 2.05) is 32.9 Å². The van der Waals surface area contributed by atoms with Crippen molar-refractivity contribution in [3.63, 3.8) is 0 Å². The third-order valence-electron chi connectivity index (χ3n) is 3.07. The monoisotopic (exact) mass is 261 g/mol. The lowest BCUT2D eigenvalue weighted by atomic mass is 10.1. The van der Waals surface area contributed by atoms with Crippen LogP contribution in [-0.2, 0) is 6.42 Å². The second-order valence-corrected chi connectivity index (χ2v) is 4.86. The van der Waals surface area contributed by atoms with E-state index in [9.17, 15) is 4.79 Å². The van der Waals surface area contributed by atoms with Crippen molar-refractivity contribution in [2.75, 3.05) is 0 Å². The maximum Gasteiger partial charge on any atom is 0.287 e. The molecule has 0 radical (unpaired) electrons. The van der Waals surface area contributed by atoms with Gasteiger partial charge >= 0.3 is 0 Å². The Hall–Kier alpha value is -1.97.